The fourth-order valence-corrected chi connectivity index (χ4v) is 6.56. The molecule has 2 atom stereocenters. The van der Waals surface area contributed by atoms with Crippen molar-refractivity contribution < 1.29 is 42.9 Å². The summed E-state index contributed by atoms with van der Waals surface area (Å²) in [5.41, 5.74) is 0. The molecule has 0 heterocycles. The number of allylic oxidation sites excluding steroid dienone is 9. The molecule has 0 aromatic rings. The average molecular weight is 859 g/mol. The van der Waals surface area contributed by atoms with Gasteiger partial charge in [-0.25, -0.2) is 4.79 Å². The van der Waals surface area contributed by atoms with Crippen LogP contribution in [-0.2, 0) is 33.3 Å². The molecule has 1 N–H and O–H groups in total. The van der Waals surface area contributed by atoms with Gasteiger partial charge in [0.1, 0.15) is 13.2 Å². The Balaban J connectivity index is 4.41. The summed E-state index contributed by atoms with van der Waals surface area (Å²) in [6.07, 6.45) is 50.4. The highest BCUT2D eigenvalue weighted by molar-refractivity contribution is 5.72. The Morgan fingerprint density at radius 3 is 1.33 bits per heavy atom. The number of quaternary nitrogens is 1. The summed E-state index contributed by atoms with van der Waals surface area (Å²) in [6, 6.07) is 0. The SMILES string of the molecule is CC/C=C\C/C=C\C/C=C\C/C=C\C/C=C\CC(=O)OC(COC(=O)CCCCCCCCCCCCCCCCCCCCCCC)COC(OCC[N+](C)(C)C)C(=O)O. The Bertz CT molecular complexity index is 1180. The number of carboxylic acid groups (broad SMARTS) is 1. The monoisotopic (exact) mass is 859 g/mol. The van der Waals surface area contributed by atoms with Crippen molar-refractivity contribution in [2.45, 2.75) is 206 Å². The molecular weight excluding hydrogens is 767 g/mol. The highest BCUT2D eigenvalue weighted by Gasteiger charge is 2.25. The zero-order valence-electron chi connectivity index (χ0n) is 39.8. The smallest absolute Gasteiger partial charge is 0.361 e. The van der Waals surface area contributed by atoms with Gasteiger partial charge in [0.15, 0.2) is 6.10 Å². The molecule has 0 aromatic heterocycles. The number of nitrogens with zero attached hydrogens (tertiary/aromatic N) is 1. The zero-order valence-corrected chi connectivity index (χ0v) is 39.8. The lowest BCUT2D eigenvalue weighted by molar-refractivity contribution is -0.870. The number of rotatable bonds is 44. The van der Waals surface area contributed by atoms with E-state index in [0.717, 1.165) is 44.9 Å². The van der Waals surface area contributed by atoms with Crippen molar-refractivity contribution in [2.75, 3.05) is 47.5 Å². The second kappa shape index (κ2) is 43.6. The number of carbonyl (C=O) groups is 3. The molecule has 2 unspecified atom stereocenters. The van der Waals surface area contributed by atoms with E-state index in [1.807, 2.05) is 33.3 Å². The van der Waals surface area contributed by atoms with Gasteiger partial charge in [-0.1, -0.05) is 203 Å². The van der Waals surface area contributed by atoms with Crippen molar-refractivity contribution >= 4 is 17.9 Å². The summed E-state index contributed by atoms with van der Waals surface area (Å²) in [6.45, 7) is 4.65. The van der Waals surface area contributed by atoms with Crippen molar-refractivity contribution in [1.82, 2.24) is 0 Å². The second-order valence-corrected chi connectivity index (χ2v) is 17.4. The van der Waals surface area contributed by atoms with Gasteiger partial charge in [0, 0.05) is 6.42 Å². The van der Waals surface area contributed by atoms with Gasteiger partial charge in [-0.15, -0.1) is 0 Å². The maximum Gasteiger partial charge on any atom is 0.361 e. The highest BCUT2D eigenvalue weighted by Crippen LogP contribution is 2.16. The molecule has 0 radical (unpaired) electrons. The van der Waals surface area contributed by atoms with Crippen molar-refractivity contribution in [3.05, 3.63) is 60.8 Å². The normalized spacial score (nSPS) is 13.4. The van der Waals surface area contributed by atoms with Crippen LogP contribution in [0.25, 0.3) is 0 Å². The number of carboxylic acids is 1. The lowest BCUT2D eigenvalue weighted by Crippen LogP contribution is -2.40. The topological polar surface area (TPSA) is 108 Å². The molecule has 0 fully saturated rings. The minimum Gasteiger partial charge on any atom is -0.477 e. The van der Waals surface area contributed by atoms with Crippen LogP contribution in [0.5, 0.6) is 0 Å². The maximum absolute atomic E-state index is 12.7. The minimum absolute atomic E-state index is 0.0275. The Labute approximate surface area is 374 Å². The molecule has 0 aliphatic heterocycles. The standard InChI is InChI=1S/C52H91NO8/c1-6-8-10-12-14-16-18-20-22-23-24-25-26-27-29-30-32-34-36-38-40-42-49(54)59-46-48(47-60-52(51(56)57)58-45-44-53(3,4)5)61-50(55)43-41-39-37-35-33-31-28-21-19-17-15-13-11-9-7-2/h9,11,15,17,21,28,33,35,39,41,48,52H,6-8,10,12-14,16,18-20,22-27,29-32,34,36-38,40,42-47H2,1-5H3/p+1/b11-9-,17-15-,28-21-,35-33-,41-39-. The molecule has 0 aromatic carbocycles. The van der Waals surface area contributed by atoms with Crippen LogP contribution in [0.15, 0.2) is 60.8 Å². The van der Waals surface area contributed by atoms with E-state index in [4.69, 9.17) is 18.9 Å². The van der Waals surface area contributed by atoms with Gasteiger partial charge in [0.25, 0.3) is 6.29 Å². The van der Waals surface area contributed by atoms with Crippen LogP contribution < -0.4 is 0 Å². The van der Waals surface area contributed by atoms with Gasteiger partial charge in [-0.3, -0.25) is 9.59 Å². The van der Waals surface area contributed by atoms with Crippen LogP contribution in [-0.4, -0.2) is 87.4 Å². The summed E-state index contributed by atoms with van der Waals surface area (Å²) in [5, 5.41) is 9.64. The molecule has 61 heavy (non-hydrogen) atoms. The van der Waals surface area contributed by atoms with E-state index in [9.17, 15) is 19.5 Å². The van der Waals surface area contributed by atoms with Crippen LogP contribution in [0.4, 0.5) is 0 Å². The first kappa shape index (κ1) is 58.0. The second-order valence-electron chi connectivity index (χ2n) is 17.4. The van der Waals surface area contributed by atoms with Crippen molar-refractivity contribution in [1.29, 1.82) is 0 Å². The third-order valence-corrected chi connectivity index (χ3v) is 10.3. The first-order valence-electron chi connectivity index (χ1n) is 24.5. The van der Waals surface area contributed by atoms with Crippen LogP contribution in [0.2, 0.25) is 0 Å². The average Bonchev–Trinajstić information content (AvgIpc) is 3.22. The number of hydrogen-bond donors (Lipinski definition) is 1. The van der Waals surface area contributed by atoms with Crippen LogP contribution in [0.1, 0.15) is 194 Å². The molecular formula is C52H92NO8+. The quantitative estimate of drug-likeness (QED) is 0.0212. The number of hydrogen-bond acceptors (Lipinski definition) is 7. The molecule has 0 saturated carbocycles. The number of carbonyl (C=O) groups excluding carboxylic acids is 2. The minimum atomic E-state index is -1.53. The van der Waals surface area contributed by atoms with Crippen molar-refractivity contribution in [3.8, 4) is 0 Å². The Kier molecular flexibility index (Phi) is 41.5. The van der Waals surface area contributed by atoms with Gasteiger partial charge in [-0.05, 0) is 38.5 Å². The summed E-state index contributed by atoms with van der Waals surface area (Å²) in [4.78, 5) is 37.1. The molecule has 9 nitrogen and oxygen atoms in total. The van der Waals surface area contributed by atoms with E-state index in [1.165, 1.54) is 116 Å². The van der Waals surface area contributed by atoms with Crippen LogP contribution >= 0.6 is 0 Å². The molecule has 0 saturated heterocycles. The summed E-state index contributed by atoms with van der Waals surface area (Å²) in [7, 11) is 5.93. The van der Waals surface area contributed by atoms with E-state index in [1.54, 1.807) is 6.08 Å². The first-order valence-corrected chi connectivity index (χ1v) is 24.5. The Morgan fingerprint density at radius 2 is 0.918 bits per heavy atom. The number of unbranched alkanes of at least 4 members (excludes halogenated alkanes) is 20. The molecule has 0 amide bonds. The van der Waals surface area contributed by atoms with Crippen molar-refractivity contribution in [3.63, 3.8) is 0 Å². The lowest BCUT2D eigenvalue weighted by Gasteiger charge is -2.25. The summed E-state index contributed by atoms with van der Waals surface area (Å²) >= 11 is 0. The van der Waals surface area contributed by atoms with Gasteiger partial charge in [-0.2, -0.15) is 0 Å². The molecule has 0 aliphatic rings. The van der Waals surface area contributed by atoms with Gasteiger partial charge < -0.3 is 28.5 Å². The molecule has 0 spiro atoms. The molecule has 9 heteroatoms. The number of esters is 2. The predicted molar refractivity (Wildman–Crippen MR) is 253 cm³/mol. The highest BCUT2D eigenvalue weighted by atomic mass is 16.7. The van der Waals surface area contributed by atoms with Gasteiger partial charge >= 0.3 is 17.9 Å². The number of aliphatic carboxylic acids is 1. The zero-order chi connectivity index (χ0) is 44.9. The maximum atomic E-state index is 12.7. The Morgan fingerprint density at radius 1 is 0.508 bits per heavy atom. The van der Waals surface area contributed by atoms with E-state index >= 15 is 0 Å². The van der Waals surface area contributed by atoms with Crippen LogP contribution in [0, 0.1) is 0 Å². The fraction of sp³-hybridized carbons (Fsp3) is 0.750. The van der Waals surface area contributed by atoms with E-state index in [0.29, 0.717) is 17.4 Å². The van der Waals surface area contributed by atoms with Crippen LogP contribution in [0.3, 0.4) is 0 Å². The third kappa shape index (κ3) is 44.8. The Hall–Kier alpha value is -3.01. The predicted octanol–water partition coefficient (Wildman–Crippen LogP) is 13.3. The lowest BCUT2D eigenvalue weighted by atomic mass is 10.0. The van der Waals surface area contributed by atoms with E-state index in [-0.39, 0.29) is 38.6 Å². The molecule has 352 valence electrons. The first-order chi connectivity index (χ1) is 29.6. The van der Waals surface area contributed by atoms with Gasteiger partial charge in [0.2, 0.25) is 0 Å². The van der Waals surface area contributed by atoms with Crippen molar-refractivity contribution in [2.24, 2.45) is 0 Å². The van der Waals surface area contributed by atoms with E-state index in [2.05, 4.69) is 56.4 Å². The summed E-state index contributed by atoms with van der Waals surface area (Å²) in [5.74, 6) is -2.17. The molecule has 0 bridgehead atoms. The molecule has 0 rings (SSSR count). The fourth-order valence-electron chi connectivity index (χ4n) is 6.56. The third-order valence-electron chi connectivity index (χ3n) is 10.3. The summed E-state index contributed by atoms with van der Waals surface area (Å²) < 4.78 is 22.6. The van der Waals surface area contributed by atoms with E-state index < -0.39 is 24.3 Å². The number of ether oxygens (including phenoxy) is 4. The number of likely N-dealkylation sites (N-methyl/N-ethyl adjacent to an activating group) is 1. The van der Waals surface area contributed by atoms with Gasteiger partial charge in [0.05, 0.1) is 40.8 Å². The largest absolute Gasteiger partial charge is 0.477 e. The molecule has 0 aliphatic carbocycles.